The zero-order chi connectivity index (χ0) is 24.9. The molecule has 2 aromatic rings. The number of ether oxygens (including phenoxy) is 2. The van der Waals surface area contributed by atoms with Gasteiger partial charge in [-0.1, -0.05) is 49.7 Å². The van der Waals surface area contributed by atoms with Crippen molar-refractivity contribution in [3.63, 3.8) is 0 Å². The number of benzene rings is 2. The van der Waals surface area contributed by atoms with Gasteiger partial charge in [0, 0.05) is 26.1 Å². The van der Waals surface area contributed by atoms with Crippen molar-refractivity contribution in [2.45, 2.75) is 71.6 Å². The molecule has 188 valence electrons. The first-order valence-electron chi connectivity index (χ1n) is 12.9. The van der Waals surface area contributed by atoms with Crippen molar-refractivity contribution in [1.82, 2.24) is 10.2 Å². The summed E-state index contributed by atoms with van der Waals surface area (Å²) in [7, 11) is 0. The molecule has 2 aliphatic rings. The van der Waals surface area contributed by atoms with E-state index in [1.54, 1.807) is 6.92 Å². The molecule has 0 aliphatic carbocycles. The van der Waals surface area contributed by atoms with E-state index < -0.39 is 6.10 Å². The summed E-state index contributed by atoms with van der Waals surface area (Å²) in [6.07, 6.45) is 2.82. The maximum absolute atomic E-state index is 13.2. The molecule has 0 radical (unpaired) electrons. The van der Waals surface area contributed by atoms with Crippen LogP contribution in [-0.4, -0.2) is 48.6 Å². The first kappa shape index (κ1) is 25.2. The van der Waals surface area contributed by atoms with Crippen LogP contribution in [0.1, 0.15) is 68.3 Å². The van der Waals surface area contributed by atoms with Gasteiger partial charge in [-0.25, -0.2) is 0 Å². The normalized spacial score (nSPS) is 20.4. The molecule has 4 rings (SSSR count). The third kappa shape index (κ3) is 6.23. The Balaban J connectivity index is 1.55. The second-order valence-electron chi connectivity index (χ2n) is 10.2. The predicted molar refractivity (Wildman–Crippen MR) is 136 cm³/mol. The minimum Gasteiger partial charge on any atom is -0.481 e. The molecule has 1 N–H and O–H groups in total. The first-order chi connectivity index (χ1) is 16.8. The number of amides is 2. The van der Waals surface area contributed by atoms with E-state index in [2.05, 4.69) is 56.4 Å². The lowest BCUT2D eigenvalue weighted by Gasteiger charge is -2.38. The van der Waals surface area contributed by atoms with Crippen molar-refractivity contribution in [2.75, 3.05) is 19.7 Å². The fraction of sp³-hybridized carbons (Fsp3) is 0.517. The van der Waals surface area contributed by atoms with Crippen LogP contribution in [0, 0.1) is 12.8 Å². The standard InChI is InChI=1S/C29H38N2O4/c1-19(2)16-27(32)31-14-13-22-11-12-24(17-26(22)28(31)23-9-7-20(3)8-10-23)35-21(4)29(33)30-18-25-6-5-15-34-25/h7-12,17,19,21,25,28H,5-6,13-16,18H2,1-4H3,(H,30,33). The van der Waals surface area contributed by atoms with E-state index in [9.17, 15) is 9.59 Å². The number of nitrogens with zero attached hydrogens (tertiary/aromatic N) is 1. The number of fused-ring (bicyclic) bond motifs is 1. The molecule has 3 unspecified atom stereocenters. The van der Waals surface area contributed by atoms with Gasteiger partial charge in [0.15, 0.2) is 6.10 Å². The topological polar surface area (TPSA) is 67.9 Å². The summed E-state index contributed by atoms with van der Waals surface area (Å²) < 4.78 is 11.7. The number of hydrogen-bond donors (Lipinski definition) is 1. The lowest BCUT2D eigenvalue weighted by Crippen LogP contribution is -2.41. The molecule has 0 aromatic heterocycles. The van der Waals surface area contributed by atoms with Crippen LogP contribution in [0.3, 0.4) is 0 Å². The zero-order valence-corrected chi connectivity index (χ0v) is 21.4. The van der Waals surface area contributed by atoms with Gasteiger partial charge in [-0.2, -0.15) is 0 Å². The van der Waals surface area contributed by atoms with E-state index in [1.807, 2.05) is 17.0 Å². The highest BCUT2D eigenvalue weighted by Gasteiger charge is 2.32. The van der Waals surface area contributed by atoms with Gasteiger partial charge in [0.1, 0.15) is 5.75 Å². The van der Waals surface area contributed by atoms with Crippen molar-refractivity contribution >= 4 is 11.8 Å². The molecule has 2 heterocycles. The van der Waals surface area contributed by atoms with Gasteiger partial charge in [0.05, 0.1) is 12.1 Å². The van der Waals surface area contributed by atoms with Gasteiger partial charge in [-0.3, -0.25) is 9.59 Å². The molecule has 6 heteroatoms. The molecule has 35 heavy (non-hydrogen) atoms. The van der Waals surface area contributed by atoms with Crippen LogP contribution in [0.5, 0.6) is 5.75 Å². The number of carbonyl (C=O) groups excluding carboxylic acids is 2. The Morgan fingerprint density at radius 3 is 2.60 bits per heavy atom. The number of aryl methyl sites for hydroxylation is 1. The molecule has 0 saturated carbocycles. The van der Waals surface area contributed by atoms with Crippen molar-refractivity contribution in [2.24, 2.45) is 5.92 Å². The summed E-state index contributed by atoms with van der Waals surface area (Å²) in [5.74, 6) is 0.955. The Labute approximate surface area is 209 Å². The fourth-order valence-electron chi connectivity index (χ4n) is 4.93. The Bertz CT molecular complexity index is 1030. The SMILES string of the molecule is Cc1ccc(C2c3cc(OC(C)C(=O)NCC4CCCO4)ccc3CCN2C(=O)CC(C)C)cc1. The quantitative estimate of drug-likeness (QED) is 0.603. The number of rotatable bonds is 8. The molecular weight excluding hydrogens is 440 g/mol. The lowest BCUT2D eigenvalue weighted by molar-refractivity contribution is -0.134. The molecule has 6 nitrogen and oxygen atoms in total. The maximum Gasteiger partial charge on any atom is 0.260 e. The minimum absolute atomic E-state index is 0.0968. The van der Waals surface area contributed by atoms with E-state index in [0.717, 1.165) is 37.0 Å². The second kappa shape index (κ2) is 11.3. The van der Waals surface area contributed by atoms with Crippen LogP contribution >= 0.6 is 0 Å². The average molecular weight is 479 g/mol. The van der Waals surface area contributed by atoms with E-state index in [4.69, 9.17) is 9.47 Å². The Morgan fingerprint density at radius 2 is 1.91 bits per heavy atom. The van der Waals surface area contributed by atoms with E-state index in [-0.39, 0.29) is 24.0 Å². The van der Waals surface area contributed by atoms with Gasteiger partial charge in [-0.15, -0.1) is 0 Å². The largest absolute Gasteiger partial charge is 0.481 e. The van der Waals surface area contributed by atoms with Crippen molar-refractivity contribution in [3.05, 3.63) is 64.7 Å². The summed E-state index contributed by atoms with van der Waals surface area (Å²) in [4.78, 5) is 27.9. The van der Waals surface area contributed by atoms with Crippen LogP contribution in [0.2, 0.25) is 0 Å². The van der Waals surface area contributed by atoms with Gasteiger partial charge in [-0.05, 0) is 67.9 Å². The number of hydrogen-bond acceptors (Lipinski definition) is 4. The average Bonchev–Trinajstić information content (AvgIpc) is 3.35. The van der Waals surface area contributed by atoms with E-state index in [0.29, 0.717) is 31.2 Å². The van der Waals surface area contributed by atoms with Crippen molar-refractivity contribution < 1.29 is 19.1 Å². The van der Waals surface area contributed by atoms with Gasteiger partial charge < -0.3 is 19.7 Å². The van der Waals surface area contributed by atoms with Gasteiger partial charge in [0.2, 0.25) is 5.91 Å². The molecular formula is C29H38N2O4. The molecule has 0 bridgehead atoms. The van der Waals surface area contributed by atoms with Crippen LogP contribution < -0.4 is 10.1 Å². The van der Waals surface area contributed by atoms with Crippen LogP contribution in [0.25, 0.3) is 0 Å². The third-order valence-electron chi connectivity index (χ3n) is 6.85. The smallest absolute Gasteiger partial charge is 0.260 e. The van der Waals surface area contributed by atoms with Crippen LogP contribution in [0.15, 0.2) is 42.5 Å². The van der Waals surface area contributed by atoms with Crippen LogP contribution in [0.4, 0.5) is 0 Å². The third-order valence-corrected chi connectivity index (χ3v) is 6.85. The van der Waals surface area contributed by atoms with E-state index >= 15 is 0 Å². The fourth-order valence-corrected chi connectivity index (χ4v) is 4.93. The summed E-state index contributed by atoms with van der Waals surface area (Å²) in [5, 5.41) is 2.95. The van der Waals surface area contributed by atoms with Crippen molar-refractivity contribution in [1.29, 1.82) is 0 Å². The highest BCUT2D eigenvalue weighted by atomic mass is 16.5. The summed E-state index contributed by atoms with van der Waals surface area (Å²) in [6.45, 7) is 9.96. The molecule has 0 spiro atoms. The Hall–Kier alpha value is -2.86. The summed E-state index contributed by atoms with van der Waals surface area (Å²) in [5.41, 5.74) is 4.56. The summed E-state index contributed by atoms with van der Waals surface area (Å²) >= 11 is 0. The first-order valence-corrected chi connectivity index (χ1v) is 12.9. The second-order valence-corrected chi connectivity index (χ2v) is 10.2. The summed E-state index contributed by atoms with van der Waals surface area (Å²) in [6, 6.07) is 14.3. The predicted octanol–water partition coefficient (Wildman–Crippen LogP) is 4.58. The lowest BCUT2D eigenvalue weighted by atomic mass is 9.87. The number of nitrogens with one attached hydrogen (secondary N) is 1. The molecule has 2 aromatic carbocycles. The molecule has 2 aliphatic heterocycles. The van der Waals surface area contributed by atoms with E-state index in [1.165, 1.54) is 11.1 Å². The molecule has 1 fully saturated rings. The van der Waals surface area contributed by atoms with Crippen molar-refractivity contribution in [3.8, 4) is 5.75 Å². The van der Waals surface area contributed by atoms with Crippen LogP contribution in [-0.2, 0) is 20.7 Å². The zero-order valence-electron chi connectivity index (χ0n) is 21.4. The molecule has 3 atom stereocenters. The molecule has 2 amide bonds. The minimum atomic E-state index is -0.630. The van der Waals surface area contributed by atoms with Gasteiger partial charge in [0.25, 0.3) is 5.91 Å². The Kier molecular flexibility index (Phi) is 8.11. The highest BCUT2D eigenvalue weighted by molar-refractivity contribution is 5.80. The van der Waals surface area contributed by atoms with Gasteiger partial charge >= 0.3 is 0 Å². The highest BCUT2D eigenvalue weighted by Crippen LogP contribution is 2.38. The maximum atomic E-state index is 13.2. The molecule has 1 saturated heterocycles. The monoisotopic (exact) mass is 478 g/mol. The number of carbonyl (C=O) groups is 2. The Morgan fingerprint density at radius 1 is 1.14 bits per heavy atom.